The Kier molecular flexibility index (Phi) is 9.37. The third kappa shape index (κ3) is 6.64. The maximum atomic E-state index is 12.8. The lowest BCUT2D eigenvalue weighted by Gasteiger charge is -2.34. The highest BCUT2D eigenvalue weighted by Gasteiger charge is 2.47. The zero-order chi connectivity index (χ0) is 23.9. The zero-order valence-corrected chi connectivity index (χ0v) is 17.7. The molecule has 0 saturated carbocycles. The van der Waals surface area contributed by atoms with Gasteiger partial charge in [0.1, 0.15) is 18.1 Å². The van der Waals surface area contributed by atoms with Crippen LogP contribution in [-0.2, 0) is 24.0 Å². The van der Waals surface area contributed by atoms with Gasteiger partial charge in [0.2, 0.25) is 11.8 Å². The van der Waals surface area contributed by atoms with Crippen molar-refractivity contribution in [3.05, 3.63) is 0 Å². The van der Waals surface area contributed by atoms with E-state index in [0.717, 1.165) is 6.92 Å². The van der Waals surface area contributed by atoms with Gasteiger partial charge in [0, 0.05) is 6.92 Å². The van der Waals surface area contributed by atoms with Crippen LogP contribution in [0.1, 0.15) is 46.5 Å². The van der Waals surface area contributed by atoms with E-state index in [9.17, 15) is 39.0 Å². The standard InChI is InChI=1S/C18H29N5O8/c1-9(2)14(17(29)30)21-15(27)12(8-13(25)26)22(10(3)24)23-16(28)11(20-18(23)31)6-4-5-7-19/h9,11-12,14H,4-8,19H2,1-3H3,(H,20,31)(H,21,27)(H,25,26)(H,29,30)/t11-,12-,14-/m0/s1. The third-order valence-corrected chi connectivity index (χ3v) is 4.68. The van der Waals surface area contributed by atoms with Crippen molar-refractivity contribution in [1.82, 2.24) is 20.7 Å². The van der Waals surface area contributed by atoms with Crippen LogP contribution in [-0.4, -0.2) is 80.6 Å². The first-order valence-electron chi connectivity index (χ1n) is 9.81. The van der Waals surface area contributed by atoms with E-state index in [0.29, 0.717) is 29.4 Å². The maximum absolute atomic E-state index is 12.8. The molecule has 13 nitrogen and oxygen atoms in total. The van der Waals surface area contributed by atoms with Crippen LogP contribution in [0.3, 0.4) is 0 Å². The summed E-state index contributed by atoms with van der Waals surface area (Å²) in [6, 6.07) is -5.14. The minimum Gasteiger partial charge on any atom is -0.481 e. The number of carboxylic acids is 2. The molecule has 1 saturated heterocycles. The Balaban J connectivity index is 3.23. The van der Waals surface area contributed by atoms with Gasteiger partial charge in [0.05, 0.1) is 6.42 Å². The fourth-order valence-electron chi connectivity index (χ4n) is 3.13. The average Bonchev–Trinajstić information content (AvgIpc) is 2.92. The Bertz CT molecular complexity index is 740. The van der Waals surface area contributed by atoms with Crippen molar-refractivity contribution >= 4 is 35.7 Å². The predicted molar refractivity (Wildman–Crippen MR) is 105 cm³/mol. The van der Waals surface area contributed by atoms with E-state index in [1.165, 1.54) is 13.8 Å². The molecule has 1 heterocycles. The summed E-state index contributed by atoms with van der Waals surface area (Å²) < 4.78 is 0. The zero-order valence-electron chi connectivity index (χ0n) is 17.7. The van der Waals surface area contributed by atoms with Gasteiger partial charge < -0.3 is 26.6 Å². The lowest BCUT2D eigenvalue weighted by Crippen LogP contribution is -2.61. The SMILES string of the molecule is CC(=O)N([C@@H](CC(=O)O)C(=O)N[C@H](C(=O)O)C(C)C)N1C(=O)N[C@@H](CCCCN)C1=O. The second kappa shape index (κ2) is 11.2. The van der Waals surface area contributed by atoms with Crippen LogP contribution in [0.4, 0.5) is 4.79 Å². The van der Waals surface area contributed by atoms with Crippen molar-refractivity contribution in [3.63, 3.8) is 0 Å². The Morgan fingerprint density at radius 2 is 1.81 bits per heavy atom. The molecular formula is C18H29N5O8. The van der Waals surface area contributed by atoms with E-state index < -0.39 is 66.2 Å². The Labute approximate surface area is 178 Å². The van der Waals surface area contributed by atoms with Crippen LogP contribution >= 0.6 is 0 Å². The molecule has 31 heavy (non-hydrogen) atoms. The smallest absolute Gasteiger partial charge is 0.344 e. The highest BCUT2D eigenvalue weighted by molar-refractivity contribution is 6.06. The number of nitrogens with one attached hydrogen (secondary N) is 2. The van der Waals surface area contributed by atoms with Crippen LogP contribution in [0.25, 0.3) is 0 Å². The monoisotopic (exact) mass is 443 g/mol. The van der Waals surface area contributed by atoms with Gasteiger partial charge in [0.15, 0.2) is 0 Å². The second-order valence-electron chi connectivity index (χ2n) is 7.48. The number of amides is 5. The van der Waals surface area contributed by atoms with E-state index in [2.05, 4.69) is 10.6 Å². The molecule has 0 bridgehead atoms. The first-order valence-corrected chi connectivity index (χ1v) is 9.81. The first kappa shape index (κ1) is 25.8. The number of carbonyl (C=O) groups is 6. The van der Waals surface area contributed by atoms with Gasteiger partial charge in [-0.3, -0.25) is 19.2 Å². The van der Waals surface area contributed by atoms with Gasteiger partial charge in [-0.15, -0.1) is 0 Å². The fraction of sp³-hybridized carbons (Fsp3) is 0.667. The highest BCUT2D eigenvalue weighted by atomic mass is 16.4. The Morgan fingerprint density at radius 1 is 1.19 bits per heavy atom. The molecule has 0 unspecified atom stereocenters. The summed E-state index contributed by atoms with van der Waals surface area (Å²) in [4.78, 5) is 73.1. The minimum absolute atomic E-state index is 0.244. The summed E-state index contributed by atoms with van der Waals surface area (Å²) in [6.45, 7) is 4.40. The van der Waals surface area contributed by atoms with Gasteiger partial charge in [-0.05, 0) is 31.7 Å². The number of rotatable bonds is 12. The molecule has 0 radical (unpaired) electrons. The first-order chi connectivity index (χ1) is 14.4. The van der Waals surface area contributed by atoms with E-state index in [4.69, 9.17) is 5.73 Å². The molecule has 6 N–H and O–H groups in total. The molecule has 174 valence electrons. The van der Waals surface area contributed by atoms with Gasteiger partial charge in [-0.1, -0.05) is 13.8 Å². The van der Waals surface area contributed by atoms with Crippen LogP contribution in [0.2, 0.25) is 0 Å². The third-order valence-electron chi connectivity index (χ3n) is 4.68. The molecule has 0 aromatic heterocycles. The van der Waals surface area contributed by atoms with Crippen LogP contribution in [0.5, 0.6) is 0 Å². The number of nitrogens with two attached hydrogens (primary N) is 1. The van der Waals surface area contributed by atoms with Crippen LogP contribution < -0.4 is 16.4 Å². The molecule has 0 spiro atoms. The van der Waals surface area contributed by atoms with Crippen LogP contribution in [0, 0.1) is 5.92 Å². The van der Waals surface area contributed by atoms with Crippen molar-refractivity contribution in [1.29, 1.82) is 0 Å². The number of carbonyl (C=O) groups excluding carboxylic acids is 4. The van der Waals surface area contributed by atoms with Crippen molar-refractivity contribution < 1.29 is 39.0 Å². The Hall–Kier alpha value is -3.22. The molecule has 1 fully saturated rings. The molecule has 1 aliphatic heterocycles. The summed E-state index contributed by atoms with van der Waals surface area (Å²) in [7, 11) is 0. The number of hydrogen-bond donors (Lipinski definition) is 5. The summed E-state index contributed by atoms with van der Waals surface area (Å²) >= 11 is 0. The molecule has 1 rings (SSSR count). The van der Waals surface area contributed by atoms with Gasteiger partial charge in [-0.25, -0.2) is 14.6 Å². The molecule has 0 aliphatic carbocycles. The number of urea groups is 1. The molecule has 1 aliphatic rings. The maximum Gasteiger partial charge on any atom is 0.344 e. The van der Waals surface area contributed by atoms with E-state index >= 15 is 0 Å². The molecular weight excluding hydrogens is 414 g/mol. The summed E-state index contributed by atoms with van der Waals surface area (Å²) in [5.41, 5.74) is 5.41. The lowest BCUT2D eigenvalue weighted by atomic mass is 10.0. The van der Waals surface area contributed by atoms with Crippen molar-refractivity contribution in [3.8, 4) is 0 Å². The Morgan fingerprint density at radius 3 is 2.26 bits per heavy atom. The number of nitrogens with zero attached hydrogens (tertiary/aromatic N) is 2. The van der Waals surface area contributed by atoms with E-state index in [1.807, 2.05) is 0 Å². The van der Waals surface area contributed by atoms with Crippen molar-refractivity contribution in [2.75, 3.05) is 6.54 Å². The molecule has 13 heteroatoms. The summed E-state index contributed by atoms with van der Waals surface area (Å²) in [5.74, 6) is -6.29. The number of hydrogen-bond acceptors (Lipinski definition) is 7. The van der Waals surface area contributed by atoms with Crippen molar-refractivity contribution in [2.24, 2.45) is 11.7 Å². The molecule has 0 aromatic carbocycles. The fourth-order valence-corrected chi connectivity index (χ4v) is 3.13. The minimum atomic E-state index is -1.83. The average molecular weight is 443 g/mol. The predicted octanol–water partition coefficient (Wildman–Crippen LogP) is -1.13. The number of aliphatic carboxylic acids is 2. The molecule has 0 aromatic rings. The number of imide groups is 1. The summed E-state index contributed by atoms with van der Waals surface area (Å²) in [5, 5.41) is 24.0. The van der Waals surface area contributed by atoms with Crippen LogP contribution in [0.15, 0.2) is 0 Å². The van der Waals surface area contributed by atoms with Gasteiger partial charge in [0.25, 0.3) is 5.91 Å². The largest absolute Gasteiger partial charge is 0.481 e. The number of carboxylic acid groups (broad SMARTS) is 2. The molecule has 3 atom stereocenters. The normalized spacial score (nSPS) is 17.8. The molecule has 5 amide bonds. The summed E-state index contributed by atoms with van der Waals surface area (Å²) in [6.07, 6.45) is 0.416. The highest BCUT2D eigenvalue weighted by Crippen LogP contribution is 2.19. The van der Waals surface area contributed by atoms with E-state index in [-0.39, 0.29) is 6.42 Å². The number of unbranched alkanes of at least 4 members (excludes halogenated alkanes) is 1. The second-order valence-corrected chi connectivity index (χ2v) is 7.48. The van der Waals surface area contributed by atoms with Gasteiger partial charge >= 0.3 is 18.0 Å². The lowest BCUT2D eigenvalue weighted by molar-refractivity contribution is -0.165. The topological polar surface area (TPSA) is 199 Å². The quantitative estimate of drug-likeness (QED) is 0.183. The van der Waals surface area contributed by atoms with Gasteiger partial charge in [-0.2, -0.15) is 5.01 Å². The van der Waals surface area contributed by atoms with E-state index in [1.54, 1.807) is 0 Å². The number of hydrazine groups is 1. The van der Waals surface area contributed by atoms with Crippen molar-refractivity contribution in [2.45, 2.75) is 64.6 Å².